The number of rotatable bonds is 3. The third-order valence-corrected chi connectivity index (χ3v) is 2.42. The summed E-state index contributed by atoms with van der Waals surface area (Å²) in [5.74, 6) is -0.111. The van der Waals surface area contributed by atoms with E-state index in [2.05, 4.69) is 4.98 Å². The first-order chi connectivity index (χ1) is 8.17. The SMILES string of the molecule is COc1ccc2ccc(C(=O)O)nc2c1OC. The number of carbonyl (C=O) groups is 1. The first-order valence-corrected chi connectivity index (χ1v) is 4.92. The number of hydrogen-bond acceptors (Lipinski definition) is 4. The fourth-order valence-electron chi connectivity index (χ4n) is 1.62. The Morgan fingerprint density at radius 1 is 1.18 bits per heavy atom. The summed E-state index contributed by atoms with van der Waals surface area (Å²) in [5.41, 5.74) is 0.454. The summed E-state index contributed by atoms with van der Waals surface area (Å²) in [5, 5.41) is 9.70. The first kappa shape index (κ1) is 11.2. The Morgan fingerprint density at radius 2 is 1.88 bits per heavy atom. The molecule has 5 heteroatoms. The number of ether oxygens (including phenoxy) is 2. The van der Waals surface area contributed by atoms with Gasteiger partial charge in [0.2, 0.25) is 0 Å². The number of hydrogen-bond donors (Lipinski definition) is 1. The standard InChI is InChI=1S/C12H11NO4/c1-16-9-6-4-7-3-5-8(12(14)15)13-10(7)11(9)17-2/h3-6H,1-2H3,(H,14,15). The maximum absolute atomic E-state index is 10.9. The van der Waals surface area contributed by atoms with Gasteiger partial charge in [0.25, 0.3) is 0 Å². The van der Waals surface area contributed by atoms with Crippen LogP contribution in [0.15, 0.2) is 24.3 Å². The third-order valence-electron chi connectivity index (χ3n) is 2.42. The topological polar surface area (TPSA) is 68.7 Å². The number of carboxylic acids is 1. The summed E-state index contributed by atoms with van der Waals surface area (Å²) in [6, 6.07) is 6.70. The predicted molar refractivity (Wildman–Crippen MR) is 61.8 cm³/mol. The van der Waals surface area contributed by atoms with Crippen LogP contribution in [-0.4, -0.2) is 30.3 Å². The lowest BCUT2D eigenvalue weighted by Gasteiger charge is -2.10. The van der Waals surface area contributed by atoms with Gasteiger partial charge in [0.05, 0.1) is 14.2 Å². The molecule has 1 heterocycles. The molecule has 0 saturated carbocycles. The molecule has 1 N–H and O–H groups in total. The highest BCUT2D eigenvalue weighted by atomic mass is 16.5. The van der Waals surface area contributed by atoms with Crippen molar-refractivity contribution in [3.05, 3.63) is 30.0 Å². The van der Waals surface area contributed by atoms with Crippen LogP contribution < -0.4 is 9.47 Å². The van der Waals surface area contributed by atoms with Crippen molar-refractivity contribution in [1.82, 2.24) is 4.98 Å². The molecule has 0 radical (unpaired) electrons. The van der Waals surface area contributed by atoms with Gasteiger partial charge in [-0.15, -0.1) is 0 Å². The molecule has 2 aromatic rings. The maximum Gasteiger partial charge on any atom is 0.354 e. The average Bonchev–Trinajstić information content (AvgIpc) is 2.36. The molecule has 17 heavy (non-hydrogen) atoms. The number of aromatic carboxylic acids is 1. The molecular formula is C12H11NO4. The van der Waals surface area contributed by atoms with E-state index < -0.39 is 5.97 Å². The molecule has 1 aromatic carbocycles. The molecule has 0 unspecified atom stereocenters. The van der Waals surface area contributed by atoms with Crippen LogP contribution in [-0.2, 0) is 0 Å². The molecule has 0 atom stereocenters. The molecular weight excluding hydrogens is 222 g/mol. The van der Waals surface area contributed by atoms with Crippen LogP contribution in [0.4, 0.5) is 0 Å². The molecule has 1 aromatic heterocycles. The van der Waals surface area contributed by atoms with Gasteiger partial charge in [0.15, 0.2) is 11.5 Å². The van der Waals surface area contributed by atoms with E-state index >= 15 is 0 Å². The van der Waals surface area contributed by atoms with Gasteiger partial charge in [-0.05, 0) is 18.2 Å². The number of benzene rings is 1. The second-order valence-corrected chi connectivity index (χ2v) is 3.37. The molecule has 0 aliphatic carbocycles. The molecule has 0 fully saturated rings. The number of fused-ring (bicyclic) bond motifs is 1. The Labute approximate surface area is 97.6 Å². The van der Waals surface area contributed by atoms with Gasteiger partial charge in [-0.25, -0.2) is 9.78 Å². The van der Waals surface area contributed by atoms with E-state index in [0.717, 1.165) is 5.39 Å². The maximum atomic E-state index is 10.9. The van der Waals surface area contributed by atoms with Crippen molar-refractivity contribution in [2.24, 2.45) is 0 Å². The third kappa shape index (κ3) is 1.87. The second-order valence-electron chi connectivity index (χ2n) is 3.37. The Balaban J connectivity index is 2.75. The van der Waals surface area contributed by atoms with Gasteiger partial charge in [-0.1, -0.05) is 6.07 Å². The number of nitrogens with zero attached hydrogens (tertiary/aromatic N) is 1. The van der Waals surface area contributed by atoms with Crippen molar-refractivity contribution in [1.29, 1.82) is 0 Å². The quantitative estimate of drug-likeness (QED) is 0.877. The van der Waals surface area contributed by atoms with Gasteiger partial charge >= 0.3 is 5.97 Å². The van der Waals surface area contributed by atoms with Crippen molar-refractivity contribution >= 4 is 16.9 Å². The second kappa shape index (κ2) is 4.29. The lowest BCUT2D eigenvalue weighted by molar-refractivity contribution is 0.0691. The lowest BCUT2D eigenvalue weighted by atomic mass is 10.1. The fraction of sp³-hybridized carbons (Fsp3) is 0.167. The number of methoxy groups -OCH3 is 2. The highest BCUT2D eigenvalue weighted by Crippen LogP contribution is 2.33. The minimum Gasteiger partial charge on any atom is -0.493 e. The van der Waals surface area contributed by atoms with Gasteiger partial charge < -0.3 is 14.6 Å². The Kier molecular flexibility index (Phi) is 2.82. The van der Waals surface area contributed by atoms with E-state index in [9.17, 15) is 4.79 Å². The van der Waals surface area contributed by atoms with E-state index in [0.29, 0.717) is 17.0 Å². The Bertz CT molecular complexity index is 580. The fourth-order valence-corrected chi connectivity index (χ4v) is 1.62. The van der Waals surface area contributed by atoms with Crippen LogP contribution in [0.2, 0.25) is 0 Å². The van der Waals surface area contributed by atoms with Crippen LogP contribution in [0, 0.1) is 0 Å². The van der Waals surface area contributed by atoms with Crippen LogP contribution >= 0.6 is 0 Å². The summed E-state index contributed by atoms with van der Waals surface area (Å²) in [7, 11) is 3.01. The summed E-state index contributed by atoms with van der Waals surface area (Å²) in [4.78, 5) is 14.9. The molecule has 0 aliphatic rings. The van der Waals surface area contributed by atoms with Crippen LogP contribution in [0.3, 0.4) is 0 Å². The normalized spacial score (nSPS) is 10.2. The van der Waals surface area contributed by atoms with Gasteiger partial charge in [-0.2, -0.15) is 0 Å². The van der Waals surface area contributed by atoms with Crippen LogP contribution in [0.1, 0.15) is 10.5 Å². The molecule has 5 nitrogen and oxygen atoms in total. The first-order valence-electron chi connectivity index (χ1n) is 4.92. The van der Waals surface area contributed by atoms with Crippen molar-refractivity contribution in [3.63, 3.8) is 0 Å². The monoisotopic (exact) mass is 233 g/mol. The molecule has 88 valence electrons. The highest BCUT2D eigenvalue weighted by molar-refractivity contribution is 5.93. The molecule has 0 aliphatic heterocycles. The molecule has 2 rings (SSSR count). The van der Waals surface area contributed by atoms with Gasteiger partial charge in [-0.3, -0.25) is 0 Å². The zero-order chi connectivity index (χ0) is 12.4. The molecule has 0 saturated heterocycles. The summed E-state index contributed by atoms with van der Waals surface area (Å²) >= 11 is 0. The molecule has 0 bridgehead atoms. The van der Waals surface area contributed by atoms with E-state index in [1.807, 2.05) is 0 Å². The minimum absolute atomic E-state index is 0.0240. The lowest BCUT2D eigenvalue weighted by Crippen LogP contribution is -2.01. The smallest absolute Gasteiger partial charge is 0.354 e. The van der Waals surface area contributed by atoms with E-state index in [-0.39, 0.29) is 5.69 Å². The number of pyridine rings is 1. The largest absolute Gasteiger partial charge is 0.493 e. The molecule has 0 amide bonds. The van der Waals surface area contributed by atoms with E-state index in [4.69, 9.17) is 14.6 Å². The Morgan fingerprint density at radius 3 is 2.47 bits per heavy atom. The van der Waals surface area contributed by atoms with Crippen molar-refractivity contribution < 1.29 is 19.4 Å². The minimum atomic E-state index is -1.07. The zero-order valence-electron chi connectivity index (χ0n) is 9.43. The zero-order valence-corrected chi connectivity index (χ0v) is 9.43. The summed E-state index contributed by atoms with van der Waals surface area (Å²) < 4.78 is 10.3. The van der Waals surface area contributed by atoms with E-state index in [1.165, 1.54) is 20.3 Å². The van der Waals surface area contributed by atoms with Crippen molar-refractivity contribution in [3.8, 4) is 11.5 Å². The van der Waals surface area contributed by atoms with Crippen LogP contribution in [0.25, 0.3) is 10.9 Å². The average molecular weight is 233 g/mol. The van der Waals surface area contributed by atoms with E-state index in [1.54, 1.807) is 18.2 Å². The van der Waals surface area contributed by atoms with Crippen LogP contribution in [0.5, 0.6) is 11.5 Å². The predicted octanol–water partition coefficient (Wildman–Crippen LogP) is 1.95. The van der Waals surface area contributed by atoms with Gasteiger partial charge in [0, 0.05) is 5.39 Å². The van der Waals surface area contributed by atoms with Gasteiger partial charge in [0.1, 0.15) is 11.2 Å². The highest BCUT2D eigenvalue weighted by Gasteiger charge is 2.12. The van der Waals surface area contributed by atoms with Crippen molar-refractivity contribution in [2.45, 2.75) is 0 Å². The van der Waals surface area contributed by atoms with Crippen molar-refractivity contribution in [2.75, 3.05) is 14.2 Å². The molecule has 0 spiro atoms. The number of carboxylic acid groups (broad SMARTS) is 1. The summed E-state index contributed by atoms with van der Waals surface area (Å²) in [6.07, 6.45) is 0. The number of aromatic nitrogens is 1. The Hall–Kier alpha value is -2.30. The summed E-state index contributed by atoms with van der Waals surface area (Å²) in [6.45, 7) is 0.